The number of allylic oxidation sites excluding steroid dienone is 15. The predicted octanol–water partition coefficient (Wildman–Crippen LogP) is 9.79. The van der Waals surface area contributed by atoms with Gasteiger partial charge in [0.15, 0.2) is 11.6 Å². The fourth-order valence-electron chi connectivity index (χ4n) is 4.52. The quantitative estimate of drug-likeness (QED) is 0.270. The number of hydrogen-bond donors (Lipinski definition) is 0. The molecule has 2 rings (SSSR count). The Balaban J connectivity index is 2.35. The summed E-state index contributed by atoms with van der Waals surface area (Å²) >= 11 is 0. The minimum absolute atomic E-state index is 0.0384. The second-order valence-electron chi connectivity index (χ2n) is 15.0. The van der Waals surface area contributed by atoms with Crippen molar-refractivity contribution in [2.75, 3.05) is 0 Å². The molecule has 0 aromatic carbocycles. The predicted molar refractivity (Wildman–Crippen MR) is 164 cm³/mol. The number of hydrogen-bond acceptors (Lipinski definition) is 2. The molecule has 0 unspecified atom stereocenters. The highest BCUT2D eigenvalue weighted by molar-refractivity contribution is 6.12. The van der Waals surface area contributed by atoms with Crippen LogP contribution in [0.2, 0.25) is 0 Å². The second-order valence-corrected chi connectivity index (χ2v) is 15.0. The average Bonchev–Trinajstić information content (AvgIpc) is 3.15. The van der Waals surface area contributed by atoms with E-state index in [0.29, 0.717) is 5.57 Å². The van der Waals surface area contributed by atoms with Gasteiger partial charge in [0, 0.05) is 16.7 Å². The maximum absolute atomic E-state index is 13.3. The van der Waals surface area contributed by atoms with Crippen LogP contribution in [0.4, 0.5) is 0 Å². The third-order valence-electron chi connectivity index (χ3n) is 7.02. The number of carbonyl (C=O) groups is 2. The van der Waals surface area contributed by atoms with E-state index in [9.17, 15) is 9.59 Å². The van der Waals surface area contributed by atoms with E-state index in [0.717, 1.165) is 34.3 Å². The van der Waals surface area contributed by atoms with E-state index in [1.54, 1.807) is 0 Å². The monoisotopic (exact) mass is 514 g/mol. The lowest BCUT2D eigenvalue weighted by Gasteiger charge is -2.31. The third kappa shape index (κ3) is 7.88. The van der Waals surface area contributed by atoms with Crippen LogP contribution in [0.15, 0.2) is 93.7 Å². The van der Waals surface area contributed by atoms with Gasteiger partial charge >= 0.3 is 0 Å². The molecule has 0 aromatic heterocycles. The highest BCUT2D eigenvalue weighted by Crippen LogP contribution is 2.40. The summed E-state index contributed by atoms with van der Waals surface area (Å²) in [6.45, 7) is 31.1. The summed E-state index contributed by atoms with van der Waals surface area (Å²) in [5.41, 5.74) is 6.67. The minimum atomic E-state index is -0.287. The zero-order valence-electron chi connectivity index (χ0n) is 26.3. The molecule has 2 aliphatic rings. The van der Waals surface area contributed by atoms with Crippen LogP contribution in [-0.2, 0) is 9.59 Å². The van der Waals surface area contributed by atoms with Crippen molar-refractivity contribution in [3.63, 3.8) is 0 Å². The number of Topliss-reactive ketones (excluding diaryl/α,β-unsaturated/α-hetero) is 2. The van der Waals surface area contributed by atoms with Crippen molar-refractivity contribution in [3.8, 4) is 0 Å². The number of rotatable bonds is 5. The molecule has 2 nitrogen and oxygen atoms in total. The molecule has 0 radical (unpaired) electrons. The van der Waals surface area contributed by atoms with Gasteiger partial charge in [-0.1, -0.05) is 126 Å². The van der Waals surface area contributed by atoms with Crippen molar-refractivity contribution in [2.45, 2.75) is 96.4 Å². The summed E-state index contributed by atoms with van der Waals surface area (Å²) < 4.78 is 0. The van der Waals surface area contributed by atoms with Crippen molar-refractivity contribution >= 4 is 11.6 Å². The first-order valence-electron chi connectivity index (χ1n) is 13.8. The van der Waals surface area contributed by atoms with E-state index in [2.05, 4.69) is 112 Å². The Kier molecular flexibility index (Phi) is 8.94. The molecular formula is C36H50O2. The molecule has 0 atom stereocenters. The fraction of sp³-hybridized carbons (Fsp3) is 0.500. The maximum Gasteiger partial charge on any atom is 0.186 e. The van der Waals surface area contributed by atoms with Gasteiger partial charge in [0.25, 0.3) is 0 Å². The largest absolute Gasteiger partial charge is 0.289 e. The first-order chi connectivity index (χ1) is 17.0. The van der Waals surface area contributed by atoms with Crippen molar-refractivity contribution in [3.05, 3.63) is 93.7 Å². The van der Waals surface area contributed by atoms with Gasteiger partial charge in [0.1, 0.15) is 0 Å². The van der Waals surface area contributed by atoms with E-state index in [1.165, 1.54) is 11.1 Å². The molecule has 0 spiro atoms. The van der Waals surface area contributed by atoms with Gasteiger partial charge in [0.05, 0.1) is 0 Å². The molecule has 0 heterocycles. The maximum atomic E-state index is 13.3. The first kappa shape index (κ1) is 31.5. The molecule has 0 aliphatic heterocycles. The van der Waals surface area contributed by atoms with Gasteiger partial charge in [-0.25, -0.2) is 0 Å². The minimum Gasteiger partial charge on any atom is -0.289 e. The van der Waals surface area contributed by atoms with E-state index in [1.807, 2.05) is 26.8 Å². The van der Waals surface area contributed by atoms with Crippen LogP contribution in [0.25, 0.3) is 0 Å². The topological polar surface area (TPSA) is 34.1 Å². The molecule has 0 N–H and O–H groups in total. The Morgan fingerprint density at radius 3 is 1.68 bits per heavy atom. The first-order valence-corrected chi connectivity index (χ1v) is 13.8. The Bertz CT molecular complexity index is 1200. The van der Waals surface area contributed by atoms with Gasteiger partial charge in [-0.05, 0) is 69.4 Å². The lowest BCUT2D eigenvalue weighted by Crippen LogP contribution is -2.27. The van der Waals surface area contributed by atoms with Crippen LogP contribution in [0, 0.1) is 21.7 Å². The van der Waals surface area contributed by atoms with Gasteiger partial charge in [0.2, 0.25) is 0 Å². The van der Waals surface area contributed by atoms with Crippen molar-refractivity contribution in [1.82, 2.24) is 0 Å². The number of ketones is 2. The molecule has 0 fully saturated rings. The number of carbonyl (C=O) groups excluding carboxylic acids is 2. The lowest BCUT2D eigenvalue weighted by atomic mass is 9.72. The normalized spacial score (nSPS) is 18.1. The van der Waals surface area contributed by atoms with Gasteiger partial charge < -0.3 is 0 Å². The smallest absolute Gasteiger partial charge is 0.186 e. The molecule has 206 valence electrons. The average molecular weight is 515 g/mol. The molecule has 0 bridgehead atoms. The van der Waals surface area contributed by atoms with Gasteiger partial charge in [-0.15, -0.1) is 0 Å². The Labute approximate surface area is 232 Å². The zero-order chi connectivity index (χ0) is 29.4. The lowest BCUT2D eigenvalue weighted by molar-refractivity contribution is -0.114. The molecular weight excluding hydrogens is 464 g/mol. The summed E-state index contributed by atoms with van der Waals surface area (Å²) in [6.07, 6.45) is 15.6. The molecule has 0 amide bonds. The molecule has 0 aromatic rings. The van der Waals surface area contributed by atoms with E-state index < -0.39 is 0 Å². The Morgan fingerprint density at radius 2 is 1.26 bits per heavy atom. The van der Waals surface area contributed by atoms with Crippen molar-refractivity contribution < 1.29 is 9.59 Å². The van der Waals surface area contributed by atoms with Crippen LogP contribution in [0.1, 0.15) is 96.4 Å². The van der Waals surface area contributed by atoms with Crippen LogP contribution in [-0.4, -0.2) is 11.6 Å². The molecule has 2 aliphatic carbocycles. The van der Waals surface area contributed by atoms with Gasteiger partial charge in [-0.2, -0.15) is 0 Å². The summed E-state index contributed by atoms with van der Waals surface area (Å²) in [6, 6.07) is 0. The van der Waals surface area contributed by atoms with Gasteiger partial charge in [-0.3, -0.25) is 9.59 Å². The van der Waals surface area contributed by atoms with E-state index in [4.69, 9.17) is 0 Å². The van der Waals surface area contributed by atoms with E-state index in [-0.39, 0.29) is 33.2 Å². The summed E-state index contributed by atoms with van der Waals surface area (Å²) in [7, 11) is 0. The SMILES string of the molecule is C=C(C(=O)/C(=C\C(C)=C/C1=CC=C(C=C2C=C(C(C)(C)C)C(=O)C(C(C)(C)C)=C2)C1)C(C)(C)C)C(C)(C)C. The van der Waals surface area contributed by atoms with Crippen LogP contribution in [0.3, 0.4) is 0 Å². The Hall–Kier alpha value is -2.74. The standard InChI is InChI=1S/C36H50O2/c1-23(18-28(34(6,7)8)31(37)24(2)33(3,4)5)17-25-15-16-26(19-25)20-27-21-29(35(9,10)11)32(38)30(22-27)36(12,13)14/h15-18,20-22H,2,19H2,1,3-14H3/b23-17-,28-18+. The van der Waals surface area contributed by atoms with Crippen LogP contribution in [0.5, 0.6) is 0 Å². The van der Waals surface area contributed by atoms with Crippen molar-refractivity contribution in [2.24, 2.45) is 21.7 Å². The Morgan fingerprint density at radius 1 is 0.789 bits per heavy atom. The van der Waals surface area contributed by atoms with Crippen LogP contribution >= 0.6 is 0 Å². The fourth-order valence-corrected chi connectivity index (χ4v) is 4.52. The second kappa shape index (κ2) is 10.8. The highest BCUT2D eigenvalue weighted by Gasteiger charge is 2.34. The third-order valence-corrected chi connectivity index (χ3v) is 7.02. The highest BCUT2D eigenvalue weighted by atomic mass is 16.1. The summed E-state index contributed by atoms with van der Waals surface area (Å²) in [5, 5.41) is 0. The van der Waals surface area contributed by atoms with Crippen molar-refractivity contribution in [1.29, 1.82) is 0 Å². The molecule has 0 saturated heterocycles. The van der Waals surface area contributed by atoms with E-state index >= 15 is 0 Å². The van der Waals surface area contributed by atoms with Crippen LogP contribution < -0.4 is 0 Å². The molecule has 2 heteroatoms. The molecule has 0 saturated carbocycles. The summed E-state index contributed by atoms with van der Waals surface area (Å²) in [5.74, 6) is 0.196. The zero-order valence-corrected chi connectivity index (χ0v) is 26.3. The molecule has 38 heavy (non-hydrogen) atoms. The summed E-state index contributed by atoms with van der Waals surface area (Å²) in [4.78, 5) is 26.6.